The standard InChI is InChI=1S/C13H21N5OS/c1-9-11(12(14)20)13(17(2)16-9)15-8-10(19)18-6-4-3-5-7-18/h15H,3-8H2,1-2H3,(H2,14,20). The Bertz CT molecular complexity index is 519. The zero-order valence-electron chi connectivity index (χ0n) is 12.0. The summed E-state index contributed by atoms with van der Waals surface area (Å²) in [5, 5.41) is 7.41. The van der Waals surface area contributed by atoms with Gasteiger partial charge < -0.3 is 16.0 Å². The van der Waals surface area contributed by atoms with Crippen LogP contribution in [0.15, 0.2) is 0 Å². The molecule has 110 valence electrons. The van der Waals surface area contributed by atoms with E-state index >= 15 is 0 Å². The Morgan fingerprint density at radius 1 is 1.40 bits per heavy atom. The predicted octanol–water partition coefficient (Wildman–Crippen LogP) is 0.787. The summed E-state index contributed by atoms with van der Waals surface area (Å²) in [6, 6.07) is 0. The molecule has 0 bridgehead atoms. The number of likely N-dealkylation sites (tertiary alicyclic amines) is 1. The minimum absolute atomic E-state index is 0.109. The van der Waals surface area contributed by atoms with E-state index in [1.54, 1.807) is 4.68 Å². The number of hydrogen-bond donors (Lipinski definition) is 2. The molecule has 0 aliphatic carbocycles. The van der Waals surface area contributed by atoms with E-state index < -0.39 is 0 Å². The first-order valence-corrected chi connectivity index (χ1v) is 7.26. The van der Waals surface area contributed by atoms with Crippen LogP contribution in [0.25, 0.3) is 0 Å². The van der Waals surface area contributed by atoms with Gasteiger partial charge in [-0.3, -0.25) is 9.48 Å². The van der Waals surface area contributed by atoms with Crippen molar-refractivity contribution < 1.29 is 4.79 Å². The average molecular weight is 295 g/mol. The fourth-order valence-electron chi connectivity index (χ4n) is 2.57. The Kier molecular flexibility index (Phi) is 4.59. The molecule has 0 saturated carbocycles. The van der Waals surface area contributed by atoms with E-state index in [2.05, 4.69) is 10.4 Å². The second-order valence-corrected chi connectivity index (χ2v) is 5.53. The van der Waals surface area contributed by atoms with Crippen LogP contribution < -0.4 is 11.1 Å². The van der Waals surface area contributed by atoms with Crippen molar-refractivity contribution in [3.05, 3.63) is 11.3 Å². The third-order valence-corrected chi connectivity index (χ3v) is 3.79. The first kappa shape index (κ1) is 14.8. The molecule has 1 amide bonds. The number of anilines is 1. The van der Waals surface area contributed by atoms with Gasteiger partial charge in [0.15, 0.2) is 0 Å². The number of nitrogens with one attached hydrogen (secondary N) is 1. The number of nitrogens with zero attached hydrogens (tertiary/aromatic N) is 3. The molecule has 2 heterocycles. The Morgan fingerprint density at radius 2 is 2.05 bits per heavy atom. The Morgan fingerprint density at radius 3 is 2.65 bits per heavy atom. The summed E-state index contributed by atoms with van der Waals surface area (Å²) < 4.78 is 1.67. The molecular formula is C13H21N5OS. The first-order valence-electron chi connectivity index (χ1n) is 6.85. The number of hydrogen-bond acceptors (Lipinski definition) is 4. The van der Waals surface area contributed by atoms with Crippen molar-refractivity contribution >= 4 is 28.9 Å². The van der Waals surface area contributed by atoms with Crippen LogP contribution in [0, 0.1) is 6.92 Å². The molecule has 20 heavy (non-hydrogen) atoms. The van der Waals surface area contributed by atoms with Crippen LogP contribution in [0.1, 0.15) is 30.5 Å². The summed E-state index contributed by atoms with van der Waals surface area (Å²) in [7, 11) is 1.81. The van der Waals surface area contributed by atoms with Crippen LogP contribution in [0.2, 0.25) is 0 Å². The van der Waals surface area contributed by atoms with Gasteiger partial charge in [0, 0.05) is 20.1 Å². The summed E-state index contributed by atoms with van der Waals surface area (Å²) in [4.78, 5) is 14.3. The van der Waals surface area contributed by atoms with Gasteiger partial charge in [-0.15, -0.1) is 0 Å². The monoisotopic (exact) mass is 295 g/mol. The molecule has 1 aliphatic rings. The predicted molar refractivity (Wildman–Crippen MR) is 82.8 cm³/mol. The second-order valence-electron chi connectivity index (χ2n) is 5.09. The normalized spacial score (nSPS) is 15.2. The molecule has 7 heteroatoms. The lowest BCUT2D eigenvalue weighted by atomic mass is 10.1. The first-order chi connectivity index (χ1) is 9.50. The third kappa shape index (κ3) is 3.09. The lowest BCUT2D eigenvalue weighted by Crippen LogP contribution is -2.39. The number of carbonyl (C=O) groups excluding carboxylic acids is 1. The molecular weight excluding hydrogens is 274 g/mol. The molecule has 1 saturated heterocycles. The SMILES string of the molecule is Cc1nn(C)c(NCC(=O)N2CCCCC2)c1C(N)=S. The molecule has 0 radical (unpaired) electrons. The Hall–Kier alpha value is -1.63. The molecule has 1 aromatic heterocycles. The largest absolute Gasteiger partial charge is 0.389 e. The van der Waals surface area contributed by atoms with E-state index in [0.717, 1.165) is 31.6 Å². The van der Waals surface area contributed by atoms with Crippen LogP contribution in [-0.4, -0.2) is 45.2 Å². The molecule has 2 rings (SSSR count). The van der Waals surface area contributed by atoms with E-state index in [0.29, 0.717) is 16.4 Å². The summed E-state index contributed by atoms with van der Waals surface area (Å²) in [6.45, 7) is 3.81. The molecule has 6 nitrogen and oxygen atoms in total. The number of aromatic nitrogens is 2. The van der Waals surface area contributed by atoms with Gasteiger partial charge in [0.05, 0.1) is 17.8 Å². The van der Waals surface area contributed by atoms with Crippen molar-refractivity contribution in [2.75, 3.05) is 25.0 Å². The van der Waals surface area contributed by atoms with E-state index in [1.807, 2.05) is 18.9 Å². The molecule has 1 aromatic rings. The number of carbonyl (C=O) groups is 1. The molecule has 0 unspecified atom stereocenters. The molecule has 3 N–H and O–H groups in total. The van der Waals surface area contributed by atoms with Crippen molar-refractivity contribution in [2.24, 2.45) is 12.8 Å². The Balaban J connectivity index is 2.03. The molecule has 0 spiro atoms. The third-order valence-electron chi connectivity index (χ3n) is 3.58. The van der Waals surface area contributed by atoms with E-state index in [-0.39, 0.29) is 12.5 Å². The van der Waals surface area contributed by atoms with Gasteiger partial charge in [0.1, 0.15) is 10.8 Å². The van der Waals surface area contributed by atoms with Crippen LogP contribution in [0.5, 0.6) is 0 Å². The van der Waals surface area contributed by atoms with Crippen LogP contribution in [0.3, 0.4) is 0 Å². The molecule has 1 aliphatic heterocycles. The van der Waals surface area contributed by atoms with Crippen molar-refractivity contribution in [1.82, 2.24) is 14.7 Å². The van der Waals surface area contributed by atoms with Gasteiger partial charge in [-0.2, -0.15) is 5.10 Å². The minimum Gasteiger partial charge on any atom is -0.389 e. The fraction of sp³-hybridized carbons (Fsp3) is 0.615. The number of aryl methyl sites for hydroxylation is 2. The van der Waals surface area contributed by atoms with Gasteiger partial charge in [-0.25, -0.2) is 0 Å². The van der Waals surface area contributed by atoms with Crippen LogP contribution >= 0.6 is 12.2 Å². The number of rotatable bonds is 4. The van der Waals surface area contributed by atoms with Crippen LogP contribution in [-0.2, 0) is 11.8 Å². The van der Waals surface area contributed by atoms with Gasteiger partial charge in [0.25, 0.3) is 0 Å². The molecule has 0 aromatic carbocycles. The minimum atomic E-state index is 0.109. The molecule has 0 atom stereocenters. The highest BCUT2D eigenvalue weighted by atomic mass is 32.1. The number of nitrogens with two attached hydrogens (primary N) is 1. The lowest BCUT2D eigenvalue weighted by Gasteiger charge is -2.27. The fourth-order valence-corrected chi connectivity index (χ4v) is 2.81. The van der Waals surface area contributed by atoms with E-state index in [9.17, 15) is 4.79 Å². The summed E-state index contributed by atoms with van der Waals surface area (Å²) in [5.74, 6) is 0.817. The zero-order chi connectivity index (χ0) is 14.7. The Labute approximate surface area is 124 Å². The van der Waals surface area contributed by atoms with Gasteiger partial charge in [-0.05, 0) is 26.2 Å². The molecule has 1 fully saturated rings. The van der Waals surface area contributed by atoms with Crippen molar-refractivity contribution in [2.45, 2.75) is 26.2 Å². The van der Waals surface area contributed by atoms with E-state index in [4.69, 9.17) is 18.0 Å². The number of piperidine rings is 1. The zero-order valence-corrected chi connectivity index (χ0v) is 12.8. The van der Waals surface area contributed by atoms with Crippen LogP contribution in [0.4, 0.5) is 5.82 Å². The van der Waals surface area contributed by atoms with Gasteiger partial charge in [-0.1, -0.05) is 12.2 Å². The maximum Gasteiger partial charge on any atom is 0.241 e. The quantitative estimate of drug-likeness (QED) is 0.803. The van der Waals surface area contributed by atoms with Crippen molar-refractivity contribution in [3.8, 4) is 0 Å². The highest BCUT2D eigenvalue weighted by Crippen LogP contribution is 2.18. The lowest BCUT2D eigenvalue weighted by molar-refractivity contribution is -0.130. The summed E-state index contributed by atoms with van der Waals surface area (Å²) in [6.07, 6.45) is 3.40. The average Bonchev–Trinajstić information content (AvgIpc) is 2.71. The summed E-state index contributed by atoms with van der Waals surface area (Å²) in [5.41, 5.74) is 7.21. The van der Waals surface area contributed by atoms with Gasteiger partial charge in [0.2, 0.25) is 5.91 Å². The summed E-state index contributed by atoms with van der Waals surface area (Å²) >= 11 is 5.04. The highest BCUT2D eigenvalue weighted by molar-refractivity contribution is 7.80. The number of amides is 1. The smallest absolute Gasteiger partial charge is 0.241 e. The van der Waals surface area contributed by atoms with Crippen molar-refractivity contribution in [3.63, 3.8) is 0 Å². The maximum atomic E-state index is 12.1. The second kappa shape index (κ2) is 6.21. The topological polar surface area (TPSA) is 76.2 Å². The highest BCUT2D eigenvalue weighted by Gasteiger charge is 2.19. The van der Waals surface area contributed by atoms with E-state index in [1.165, 1.54) is 6.42 Å². The maximum absolute atomic E-state index is 12.1. The van der Waals surface area contributed by atoms with Gasteiger partial charge >= 0.3 is 0 Å². The van der Waals surface area contributed by atoms with Crippen molar-refractivity contribution in [1.29, 1.82) is 0 Å². The number of thiocarbonyl (C=S) groups is 1.